The molecular weight excluding hydrogens is 168 g/mol. The fourth-order valence-electron chi connectivity index (χ4n) is 1.32. The van der Waals surface area contributed by atoms with Crippen molar-refractivity contribution in [1.82, 2.24) is 0 Å². The van der Waals surface area contributed by atoms with Gasteiger partial charge in [0.25, 0.3) is 0 Å². The number of hydrogen-bond donors (Lipinski definition) is 0. The van der Waals surface area contributed by atoms with Gasteiger partial charge in [0.05, 0.1) is 0 Å². The van der Waals surface area contributed by atoms with Gasteiger partial charge in [-0.2, -0.15) is 0 Å². The molecule has 0 nitrogen and oxygen atoms in total. The minimum atomic E-state index is 0.492. The highest BCUT2D eigenvalue weighted by Gasteiger charge is 1.98. The van der Waals surface area contributed by atoms with Crippen LogP contribution in [-0.4, -0.2) is 0 Å². The second kappa shape index (κ2) is 5.43. The molecule has 0 heterocycles. The summed E-state index contributed by atoms with van der Waals surface area (Å²) < 4.78 is 0. The van der Waals surface area contributed by atoms with Crippen molar-refractivity contribution in [3.05, 3.63) is 59.7 Å². The van der Waals surface area contributed by atoms with Gasteiger partial charge in [-0.15, -0.1) is 0 Å². The zero-order valence-electron chi connectivity index (χ0n) is 9.20. The van der Waals surface area contributed by atoms with Crippen molar-refractivity contribution in [1.29, 1.82) is 0 Å². The maximum Gasteiger partial charge on any atom is -0.000732 e. The Kier molecular flexibility index (Phi) is 4.18. The van der Waals surface area contributed by atoms with Crippen molar-refractivity contribution in [3.63, 3.8) is 0 Å². The average Bonchev–Trinajstić information content (AvgIpc) is 2.19. The Balaban J connectivity index is 2.69. The number of hydrogen-bond acceptors (Lipinski definition) is 0. The molecule has 0 fully saturated rings. The lowest BCUT2D eigenvalue weighted by molar-refractivity contribution is 0.966. The van der Waals surface area contributed by atoms with Crippen LogP contribution in [0.4, 0.5) is 0 Å². The van der Waals surface area contributed by atoms with E-state index in [1.807, 2.05) is 13.0 Å². The van der Waals surface area contributed by atoms with Gasteiger partial charge < -0.3 is 0 Å². The Morgan fingerprint density at radius 1 is 1.07 bits per heavy atom. The van der Waals surface area contributed by atoms with E-state index in [2.05, 4.69) is 56.3 Å². The molecule has 0 saturated carbocycles. The van der Waals surface area contributed by atoms with Crippen molar-refractivity contribution in [2.24, 2.45) is 0 Å². The molecular formula is C14H18. The molecule has 1 aromatic carbocycles. The maximum atomic E-state index is 2.21. The standard InChI is InChI=1S/C14H18/c1-4-5-6-7-13(3)14-10-8-12(2)9-11-14/h4-11,13H,1-3H3/b5-4-,7-6-. The summed E-state index contributed by atoms with van der Waals surface area (Å²) in [6, 6.07) is 8.71. The fraction of sp³-hybridized carbons (Fsp3) is 0.286. The summed E-state index contributed by atoms with van der Waals surface area (Å²) in [4.78, 5) is 0. The third kappa shape index (κ3) is 3.21. The largest absolute Gasteiger partial charge is 0.0877 e. The van der Waals surface area contributed by atoms with Gasteiger partial charge in [0.15, 0.2) is 0 Å². The number of rotatable bonds is 3. The SMILES string of the molecule is C/C=C\C=C/C(C)c1ccc(C)cc1. The van der Waals surface area contributed by atoms with Gasteiger partial charge in [-0.05, 0) is 25.3 Å². The number of allylic oxidation sites excluding steroid dienone is 4. The second-order valence-corrected chi connectivity index (χ2v) is 3.61. The Bertz CT molecular complexity index is 314. The molecule has 0 bridgehead atoms. The predicted octanol–water partition coefficient (Wildman–Crippen LogP) is 4.23. The lowest BCUT2D eigenvalue weighted by Gasteiger charge is -2.06. The first kappa shape index (κ1) is 10.8. The number of aryl methyl sites for hydroxylation is 1. The van der Waals surface area contributed by atoms with E-state index in [4.69, 9.17) is 0 Å². The smallest absolute Gasteiger partial charge is 0.000732 e. The van der Waals surface area contributed by atoms with Crippen LogP contribution in [0.25, 0.3) is 0 Å². The van der Waals surface area contributed by atoms with Crippen LogP contribution in [0.5, 0.6) is 0 Å². The molecule has 74 valence electrons. The van der Waals surface area contributed by atoms with E-state index < -0.39 is 0 Å². The van der Waals surface area contributed by atoms with E-state index in [-0.39, 0.29) is 0 Å². The van der Waals surface area contributed by atoms with Crippen molar-refractivity contribution in [2.45, 2.75) is 26.7 Å². The lowest BCUT2D eigenvalue weighted by atomic mass is 10.00. The summed E-state index contributed by atoms with van der Waals surface area (Å²) in [5.41, 5.74) is 2.69. The van der Waals surface area contributed by atoms with E-state index >= 15 is 0 Å². The van der Waals surface area contributed by atoms with Crippen LogP contribution in [0.1, 0.15) is 30.9 Å². The Morgan fingerprint density at radius 2 is 1.71 bits per heavy atom. The minimum absolute atomic E-state index is 0.492. The minimum Gasteiger partial charge on any atom is -0.0877 e. The van der Waals surface area contributed by atoms with Crippen molar-refractivity contribution in [2.75, 3.05) is 0 Å². The van der Waals surface area contributed by atoms with Crippen molar-refractivity contribution >= 4 is 0 Å². The zero-order valence-corrected chi connectivity index (χ0v) is 9.20. The first-order valence-corrected chi connectivity index (χ1v) is 5.10. The zero-order chi connectivity index (χ0) is 10.4. The first-order valence-electron chi connectivity index (χ1n) is 5.10. The fourth-order valence-corrected chi connectivity index (χ4v) is 1.32. The Hall–Kier alpha value is -1.30. The molecule has 1 unspecified atom stereocenters. The van der Waals surface area contributed by atoms with E-state index in [1.54, 1.807) is 0 Å². The van der Waals surface area contributed by atoms with Crippen LogP contribution >= 0.6 is 0 Å². The normalized spacial score (nSPS) is 13.9. The topological polar surface area (TPSA) is 0 Å². The second-order valence-electron chi connectivity index (χ2n) is 3.61. The van der Waals surface area contributed by atoms with E-state index in [0.717, 1.165) is 0 Å². The van der Waals surface area contributed by atoms with E-state index in [9.17, 15) is 0 Å². The molecule has 0 radical (unpaired) electrons. The van der Waals surface area contributed by atoms with Gasteiger partial charge in [0.1, 0.15) is 0 Å². The van der Waals surface area contributed by atoms with Crippen LogP contribution in [0.2, 0.25) is 0 Å². The van der Waals surface area contributed by atoms with Gasteiger partial charge in [-0.3, -0.25) is 0 Å². The van der Waals surface area contributed by atoms with Gasteiger partial charge in [0.2, 0.25) is 0 Å². The molecule has 0 spiro atoms. The van der Waals surface area contributed by atoms with Crippen LogP contribution in [0, 0.1) is 6.92 Å². The molecule has 0 aliphatic heterocycles. The third-order valence-corrected chi connectivity index (χ3v) is 2.31. The molecule has 0 aliphatic carbocycles. The molecule has 0 saturated heterocycles. The molecule has 1 aromatic rings. The Morgan fingerprint density at radius 3 is 2.29 bits per heavy atom. The highest BCUT2D eigenvalue weighted by Crippen LogP contribution is 2.16. The molecule has 1 rings (SSSR count). The molecule has 0 amide bonds. The average molecular weight is 186 g/mol. The van der Waals surface area contributed by atoms with Gasteiger partial charge >= 0.3 is 0 Å². The maximum absolute atomic E-state index is 2.21. The number of benzene rings is 1. The highest BCUT2D eigenvalue weighted by atomic mass is 14.0. The van der Waals surface area contributed by atoms with Crippen LogP contribution in [0.3, 0.4) is 0 Å². The summed E-state index contributed by atoms with van der Waals surface area (Å²) in [6.07, 6.45) is 8.41. The van der Waals surface area contributed by atoms with E-state index in [1.165, 1.54) is 11.1 Å². The lowest BCUT2D eigenvalue weighted by Crippen LogP contribution is -1.88. The van der Waals surface area contributed by atoms with Crippen LogP contribution < -0.4 is 0 Å². The molecule has 0 aliphatic rings. The molecule has 0 N–H and O–H groups in total. The van der Waals surface area contributed by atoms with E-state index in [0.29, 0.717) is 5.92 Å². The molecule has 0 heteroatoms. The molecule has 14 heavy (non-hydrogen) atoms. The predicted molar refractivity (Wildman–Crippen MR) is 63.5 cm³/mol. The summed E-state index contributed by atoms with van der Waals surface area (Å²) in [7, 11) is 0. The van der Waals surface area contributed by atoms with Gasteiger partial charge in [-0.25, -0.2) is 0 Å². The van der Waals surface area contributed by atoms with Gasteiger partial charge in [-0.1, -0.05) is 61.1 Å². The molecule has 0 aromatic heterocycles. The van der Waals surface area contributed by atoms with Crippen LogP contribution in [0.15, 0.2) is 48.6 Å². The first-order chi connectivity index (χ1) is 6.74. The third-order valence-electron chi connectivity index (χ3n) is 2.31. The summed E-state index contributed by atoms with van der Waals surface area (Å²) >= 11 is 0. The quantitative estimate of drug-likeness (QED) is 0.620. The van der Waals surface area contributed by atoms with Crippen molar-refractivity contribution in [3.8, 4) is 0 Å². The van der Waals surface area contributed by atoms with Crippen molar-refractivity contribution < 1.29 is 0 Å². The Labute approximate surface area is 87.0 Å². The summed E-state index contributed by atoms with van der Waals surface area (Å²) in [5, 5.41) is 0. The highest BCUT2D eigenvalue weighted by molar-refractivity contribution is 5.27. The summed E-state index contributed by atoms with van der Waals surface area (Å²) in [6.45, 7) is 6.36. The molecule has 1 atom stereocenters. The summed E-state index contributed by atoms with van der Waals surface area (Å²) in [5.74, 6) is 0.492. The van der Waals surface area contributed by atoms with Gasteiger partial charge in [0, 0.05) is 0 Å². The monoisotopic (exact) mass is 186 g/mol. The van der Waals surface area contributed by atoms with Crippen LogP contribution in [-0.2, 0) is 0 Å².